The molecule has 15 heavy (non-hydrogen) atoms. The molecule has 0 saturated carbocycles. The van der Waals surface area contributed by atoms with E-state index in [-0.39, 0.29) is 11.5 Å². The fourth-order valence-corrected chi connectivity index (χ4v) is 1.14. The fourth-order valence-electron chi connectivity index (χ4n) is 1.14. The Hall–Kier alpha value is -1.90. The van der Waals surface area contributed by atoms with E-state index in [2.05, 4.69) is 6.07 Å². The summed E-state index contributed by atoms with van der Waals surface area (Å²) < 4.78 is 31.0. The summed E-state index contributed by atoms with van der Waals surface area (Å²) in [7, 11) is 0. The fraction of sp³-hybridized carbons (Fsp3) is 0. The molecule has 0 aliphatic carbocycles. The topological polar surface area (TPSA) is 9.23 Å². The highest BCUT2D eigenvalue weighted by Crippen LogP contribution is 2.23. The molecule has 0 saturated heterocycles. The van der Waals surface area contributed by atoms with Gasteiger partial charge in [0, 0.05) is 12.1 Å². The van der Waals surface area contributed by atoms with E-state index < -0.39 is 11.6 Å². The molecule has 0 heterocycles. The number of hydrogen-bond donors (Lipinski definition) is 0. The van der Waals surface area contributed by atoms with Gasteiger partial charge in [0.25, 0.3) is 0 Å². The SMILES string of the molecule is Fc1[c]ccc(Oc2ccccc2F)c1. The van der Waals surface area contributed by atoms with Crippen LogP contribution in [0.4, 0.5) is 8.78 Å². The Morgan fingerprint density at radius 3 is 2.60 bits per heavy atom. The van der Waals surface area contributed by atoms with E-state index in [1.165, 1.54) is 24.3 Å². The van der Waals surface area contributed by atoms with Crippen molar-refractivity contribution in [2.45, 2.75) is 0 Å². The van der Waals surface area contributed by atoms with Crippen LogP contribution in [-0.4, -0.2) is 0 Å². The molecule has 0 aliphatic rings. The molecule has 0 unspecified atom stereocenters. The van der Waals surface area contributed by atoms with Gasteiger partial charge in [-0.05, 0) is 24.3 Å². The Morgan fingerprint density at radius 1 is 1.07 bits per heavy atom. The van der Waals surface area contributed by atoms with E-state index >= 15 is 0 Å². The lowest BCUT2D eigenvalue weighted by atomic mass is 10.3. The van der Waals surface area contributed by atoms with E-state index in [0.29, 0.717) is 0 Å². The third-order valence-corrected chi connectivity index (χ3v) is 1.80. The average molecular weight is 205 g/mol. The number of benzene rings is 2. The highest BCUT2D eigenvalue weighted by Gasteiger charge is 2.03. The van der Waals surface area contributed by atoms with Crippen LogP contribution in [0, 0.1) is 17.7 Å². The lowest BCUT2D eigenvalue weighted by Gasteiger charge is -2.05. The van der Waals surface area contributed by atoms with Crippen LogP contribution in [-0.2, 0) is 0 Å². The van der Waals surface area contributed by atoms with Gasteiger partial charge < -0.3 is 4.74 Å². The predicted octanol–water partition coefficient (Wildman–Crippen LogP) is 3.56. The van der Waals surface area contributed by atoms with Crippen molar-refractivity contribution in [3.8, 4) is 11.5 Å². The van der Waals surface area contributed by atoms with Gasteiger partial charge in [-0.25, -0.2) is 8.78 Å². The summed E-state index contributed by atoms with van der Waals surface area (Å²) in [4.78, 5) is 0. The Balaban J connectivity index is 2.26. The number of ether oxygens (including phenoxy) is 1. The molecule has 2 aromatic carbocycles. The molecule has 0 atom stereocenters. The number of rotatable bonds is 2. The zero-order chi connectivity index (χ0) is 10.7. The Bertz CT molecular complexity index is 469. The van der Waals surface area contributed by atoms with Gasteiger partial charge in [-0.2, -0.15) is 0 Å². The van der Waals surface area contributed by atoms with Crippen LogP contribution < -0.4 is 4.74 Å². The monoisotopic (exact) mass is 205 g/mol. The minimum absolute atomic E-state index is 0.0723. The number of halogens is 2. The largest absolute Gasteiger partial charge is 0.454 e. The van der Waals surface area contributed by atoms with Crippen molar-refractivity contribution in [2.24, 2.45) is 0 Å². The van der Waals surface area contributed by atoms with Gasteiger partial charge in [0.05, 0.1) is 0 Å². The van der Waals surface area contributed by atoms with Gasteiger partial charge in [0.2, 0.25) is 0 Å². The van der Waals surface area contributed by atoms with Crippen LogP contribution in [0.2, 0.25) is 0 Å². The molecule has 3 heteroatoms. The molecule has 0 bridgehead atoms. The zero-order valence-corrected chi connectivity index (χ0v) is 7.71. The van der Waals surface area contributed by atoms with Gasteiger partial charge >= 0.3 is 0 Å². The molecule has 0 aromatic heterocycles. The van der Waals surface area contributed by atoms with Gasteiger partial charge in [-0.15, -0.1) is 0 Å². The highest BCUT2D eigenvalue weighted by molar-refractivity contribution is 5.31. The molecular weight excluding hydrogens is 198 g/mol. The molecule has 0 N–H and O–H groups in total. The first-order valence-electron chi connectivity index (χ1n) is 4.35. The second kappa shape index (κ2) is 4.09. The summed E-state index contributed by atoms with van der Waals surface area (Å²) in [5, 5.41) is 0. The third-order valence-electron chi connectivity index (χ3n) is 1.80. The van der Waals surface area contributed by atoms with Gasteiger partial charge in [0.1, 0.15) is 11.6 Å². The van der Waals surface area contributed by atoms with E-state index in [1.54, 1.807) is 12.1 Å². The highest BCUT2D eigenvalue weighted by atomic mass is 19.1. The first kappa shape index (κ1) is 9.65. The quantitative estimate of drug-likeness (QED) is 0.728. The molecule has 0 spiro atoms. The summed E-state index contributed by atoms with van der Waals surface area (Å²) in [6, 6.07) is 12.3. The molecule has 0 amide bonds. The molecule has 1 radical (unpaired) electrons. The third kappa shape index (κ3) is 2.31. The summed E-state index contributed by atoms with van der Waals surface area (Å²) in [6.45, 7) is 0. The van der Waals surface area contributed by atoms with Crippen LogP contribution in [0.3, 0.4) is 0 Å². The molecule has 0 aliphatic heterocycles. The van der Waals surface area contributed by atoms with Crippen LogP contribution in [0.15, 0.2) is 42.5 Å². The lowest BCUT2D eigenvalue weighted by Crippen LogP contribution is -1.88. The van der Waals surface area contributed by atoms with E-state index in [4.69, 9.17) is 4.74 Å². The predicted molar refractivity (Wildman–Crippen MR) is 51.7 cm³/mol. The lowest BCUT2D eigenvalue weighted by molar-refractivity contribution is 0.438. The van der Waals surface area contributed by atoms with Crippen LogP contribution in [0.25, 0.3) is 0 Å². The normalized spacial score (nSPS) is 10.0. The molecule has 2 aromatic rings. The van der Waals surface area contributed by atoms with Crippen LogP contribution >= 0.6 is 0 Å². The van der Waals surface area contributed by atoms with Crippen molar-refractivity contribution >= 4 is 0 Å². The summed E-state index contributed by atoms with van der Waals surface area (Å²) in [5.74, 6) is -0.700. The van der Waals surface area contributed by atoms with Gasteiger partial charge in [-0.3, -0.25) is 0 Å². The molecule has 1 nitrogen and oxygen atoms in total. The van der Waals surface area contributed by atoms with Crippen molar-refractivity contribution in [3.63, 3.8) is 0 Å². The second-order valence-electron chi connectivity index (χ2n) is 2.90. The minimum atomic E-state index is -0.538. The second-order valence-corrected chi connectivity index (χ2v) is 2.90. The Kier molecular flexibility index (Phi) is 2.63. The molecular formula is C12H7F2O. The standard InChI is InChI=1S/C12H7F2O/c13-9-4-3-5-10(8-9)15-12-7-2-1-6-11(12)14/h1-3,5-8H. The smallest absolute Gasteiger partial charge is 0.165 e. The summed E-state index contributed by atoms with van der Waals surface area (Å²) in [5.41, 5.74) is 0. The number of para-hydroxylation sites is 1. The molecule has 75 valence electrons. The van der Waals surface area contributed by atoms with Crippen LogP contribution in [0.5, 0.6) is 11.5 Å². The van der Waals surface area contributed by atoms with Gasteiger partial charge in [0.15, 0.2) is 11.6 Å². The minimum Gasteiger partial charge on any atom is -0.454 e. The van der Waals surface area contributed by atoms with E-state index in [9.17, 15) is 8.78 Å². The van der Waals surface area contributed by atoms with E-state index in [1.807, 2.05) is 0 Å². The van der Waals surface area contributed by atoms with Gasteiger partial charge in [-0.1, -0.05) is 12.1 Å². The van der Waals surface area contributed by atoms with Crippen molar-refractivity contribution in [3.05, 3.63) is 60.2 Å². The maximum Gasteiger partial charge on any atom is 0.165 e. The summed E-state index contributed by atoms with van der Waals surface area (Å²) in [6.07, 6.45) is 0. The maximum absolute atomic E-state index is 13.1. The molecule has 2 rings (SSSR count). The summed E-state index contributed by atoms with van der Waals surface area (Å²) >= 11 is 0. The Morgan fingerprint density at radius 2 is 1.87 bits per heavy atom. The first-order chi connectivity index (χ1) is 7.25. The van der Waals surface area contributed by atoms with Crippen molar-refractivity contribution in [1.82, 2.24) is 0 Å². The van der Waals surface area contributed by atoms with Crippen molar-refractivity contribution in [2.75, 3.05) is 0 Å². The van der Waals surface area contributed by atoms with Crippen LogP contribution in [0.1, 0.15) is 0 Å². The maximum atomic E-state index is 13.1. The Labute approximate surface area is 85.9 Å². The average Bonchev–Trinajstić information content (AvgIpc) is 2.22. The molecule has 0 fully saturated rings. The van der Waals surface area contributed by atoms with Crippen molar-refractivity contribution < 1.29 is 13.5 Å². The van der Waals surface area contributed by atoms with Crippen molar-refractivity contribution in [1.29, 1.82) is 0 Å². The van der Waals surface area contributed by atoms with E-state index in [0.717, 1.165) is 6.07 Å². The first-order valence-corrected chi connectivity index (χ1v) is 4.35. The number of hydrogen-bond acceptors (Lipinski definition) is 1. The zero-order valence-electron chi connectivity index (χ0n) is 7.71.